The molecule has 2 N–H and O–H groups in total. The molecule has 2 amide bonds. The lowest BCUT2D eigenvalue weighted by Crippen LogP contribution is -2.34. The van der Waals surface area contributed by atoms with Gasteiger partial charge in [-0.15, -0.1) is 0 Å². The van der Waals surface area contributed by atoms with E-state index in [0.29, 0.717) is 30.2 Å². The molecule has 0 atom stereocenters. The van der Waals surface area contributed by atoms with Gasteiger partial charge in [0.25, 0.3) is 5.91 Å². The van der Waals surface area contributed by atoms with Gasteiger partial charge in [-0.2, -0.15) is 0 Å². The van der Waals surface area contributed by atoms with E-state index in [1.54, 1.807) is 31.4 Å². The zero-order valence-corrected chi connectivity index (χ0v) is 16.2. The van der Waals surface area contributed by atoms with Gasteiger partial charge in [0, 0.05) is 24.7 Å². The van der Waals surface area contributed by atoms with Crippen molar-refractivity contribution in [2.45, 2.75) is 0 Å². The van der Waals surface area contributed by atoms with Crippen LogP contribution in [-0.4, -0.2) is 46.2 Å². The standard InChI is InChI=1S/C21H24N2O5/c1-26-17-6-4-5-15(13-17)7-10-20(24)22-11-12-23-21(25)16-8-9-18(27-2)19(14-16)28-3/h4-10,13-14H,11-12H2,1-3H3,(H,22,24)(H,23,25)/b10-7+. The Morgan fingerprint density at radius 1 is 0.893 bits per heavy atom. The lowest BCUT2D eigenvalue weighted by Gasteiger charge is -2.10. The maximum absolute atomic E-state index is 12.2. The van der Waals surface area contributed by atoms with Gasteiger partial charge >= 0.3 is 0 Å². The third kappa shape index (κ3) is 6.05. The highest BCUT2D eigenvalue weighted by molar-refractivity contribution is 5.95. The first-order valence-corrected chi connectivity index (χ1v) is 8.67. The zero-order valence-electron chi connectivity index (χ0n) is 16.2. The fourth-order valence-electron chi connectivity index (χ4n) is 2.42. The molecule has 148 valence electrons. The molecule has 2 rings (SSSR count). The predicted octanol–water partition coefficient (Wildman–Crippen LogP) is 2.27. The van der Waals surface area contributed by atoms with Crippen molar-refractivity contribution in [1.82, 2.24) is 10.6 Å². The topological polar surface area (TPSA) is 85.9 Å². The first-order chi connectivity index (χ1) is 13.6. The molecule has 0 bridgehead atoms. The third-order valence-corrected chi connectivity index (χ3v) is 3.88. The van der Waals surface area contributed by atoms with E-state index in [2.05, 4.69) is 10.6 Å². The maximum atomic E-state index is 12.2. The molecular weight excluding hydrogens is 360 g/mol. The second-order valence-electron chi connectivity index (χ2n) is 5.73. The smallest absolute Gasteiger partial charge is 0.251 e. The Labute approximate surface area is 164 Å². The second kappa shape index (κ2) is 10.6. The van der Waals surface area contributed by atoms with E-state index >= 15 is 0 Å². The van der Waals surface area contributed by atoms with Gasteiger partial charge in [-0.1, -0.05) is 12.1 Å². The molecule has 0 spiro atoms. The Morgan fingerprint density at radius 3 is 2.36 bits per heavy atom. The molecule has 0 saturated carbocycles. The monoisotopic (exact) mass is 384 g/mol. The highest BCUT2D eigenvalue weighted by Gasteiger charge is 2.10. The molecular formula is C21H24N2O5. The number of carbonyl (C=O) groups is 2. The summed E-state index contributed by atoms with van der Waals surface area (Å²) in [6.07, 6.45) is 3.13. The second-order valence-corrected chi connectivity index (χ2v) is 5.73. The third-order valence-electron chi connectivity index (χ3n) is 3.88. The SMILES string of the molecule is COc1cccc(/C=C/C(=O)NCCNC(=O)c2ccc(OC)c(OC)c2)c1. The minimum atomic E-state index is -0.262. The largest absolute Gasteiger partial charge is 0.497 e. The van der Waals surface area contributed by atoms with Gasteiger partial charge in [-0.05, 0) is 42.0 Å². The summed E-state index contributed by atoms with van der Waals surface area (Å²) in [5.41, 5.74) is 1.30. The van der Waals surface area contributed by atoms with Crippen LogP contribution >= 0.6 is 0 Å². The first kappa shape index (κ1) is 20.8. The van der Waals surface area contributed by atoms with Gasteiger partial charge in [-0.3, -0.25) is 9.59 Å². The van der Waals surface area contributed by atoms with Crippen LogP contribution in [0.3, 0.4) is 0 Å². The molecule has 0 aromatic heterocycles. The fourth-order valence-corrected chi connectivity index (χ4v) is 2.42. The van der Waals surface area contributed by atoms with Crippen molar-refractivity contribution in [3.8, 4) is 17.2 Å². The van der Waals surface area contributed by atoms with E-state index < -0.39 is 0 Å². The van der Waals surface area contributed by atoms with Crippen molar-refractivity contribution in [2.75, 3.05) is 34.4 Å². The summed E-state index contributed by atoms with van der Waals surface area (Å²) in [4.78, 5) is 24.0. The quantitative estimate of drug-likeness (QED) is 0.512. The minimum absolute atomic E-state index is 0.247. The summed E-state index contributed by atoms with van der Waals surface area (Å²) < 4.78 is 15.5. The summed E-state index contributed by atoms with van der Waals surface area (Å²) in [6.45, 7) is 0.603. The molecule has 0 aliphatic carbocycles. The molecule has 2 aromatic rings. The summed E-state index contributed by atoms with van der Waals surface area (Å²) in [5, 5.41) is 5.45. The van der Waals surface area contributed by atoms with Crippen LogP contribution in [-0.2, 0) is 4.79 Å². The number of benzene rings is 2. The Bertz CT molecular complexity index is 848. The maximum Gasteiger partial charge on any atom is 0.251 e. The van der Waals surface area contributed by atoms with Gasteiger partial charge < -0.3 is 24.8 Å². The summed E-state index contributed by atoms with van der Waals surface area (Å²) >= 11 is 0. The van der Waals surface area contributed by atoms with E-state index in [1.165, 1.54) is 20.3 Å². The molecule has 28 heavy (non-hydrogen) atoms. The average Bonchev–Trinajstić information content (AvgIpc) is 2.74. The van der Waals surface area contributed by atoms with Crippen molar-refractivity contribution in [3.05, 3.63) is 59.7 Å². The Balaban J connectivity index is 1.78. The molecule has 0 saturated heterocycles. The average molecular weight is 384 g/mol. The van der Waals surface area contributed by atoms with Crippen LogP contribution < -0.4 is 24.8 Å². The lowest BCUT2D eigenvalue weighted by molar-refractivity contribution is -0.116. The van der Waals surface area contributed by atoms with E-state index in [4.69, 9.17) is 14.2 Å². The van der Waals surface area contributed by atoms with Crippen molar-refractivity contribution in [1.29, 1.82) is 0 Å². The number of carbonyl (C=O) groups excluding carboxylic acids is 2. The molecule has 0 aliphatic rings. The van der Waals surface area contributed by atoms with Crippen molar-refractivity contribution >= 4 is 17.9 Å². The van der Waals surface area contributed by atoms with Crippen LogP contribution in [0.5, 0.6) is 17.2 Å². The predicted molar refractivity (Wildman–Crippen MR) is 107 cm³/mol. The van der Waals surface area contributed by atoms with Crippen molar-refractivity contribution in [3.63, 3.8) is 0 Å². The van der Waals surface area contributed by atoms with Gasteiger partial charge in [-0.25, -0.2) is 0 Å². The number of rotatable bonds is 9. The van der Waals surface area contributed by atoms with Crippen molar-refractivity contribution < 1.29 is 23.8 Å². The highest BCUT2D eigenvalue weighted by atomic mass is 16.5. The molecule has 0 fully saturated rings. The summed E-state index contributed by atoms with van der Waals surface area (Å²) in [6, 6.07) is 12.3. The van der Waals surface area contributed by atoms with Crippen LogP contribution in [0.25, 0.3) is 6.08 Å². The van der Waals surface area contributed by atoms with Crippen LogP contribution in [0.2, 0.25) is 0 Å². The molecule has 7 nitrogen and oxygen atoms in total. The Hall–Kier alpha value is -3.48. The van der Waals surface area contributed by atoms with Crippen LogP contribution in [0.1, 0.15) is 15.9 Å². The highest BCUT2D eigenvalue weighted by Crippen LogP contribution is 2.27. The number of hydrogen-bond donors (Lipinski definition) is 2. The summed E-state index contributed by atoms with van der Waals surface area (Å²) in [5.74, 6) is 1.24. The Morgan fingerprint density at radius 2 is 1.64 bits per heavy atom. The van der Waals surface area contributed by atoms with E-state index in [0.717, 1.165) is 11.3 Å². The Kier molecular flexibility index (Phi) is 7.90. The van der Waals surface area contributed by atoms with E-state index in [-0.39, 0.29) is 11.8 Å². The number of methoxy groups -OCH3 is 3. The molecule has 0 aliphatic heterocycles. The van der Waals surface area contributed by atoms with Crippen LogP contribution in [0.15, 0.2) is 48.5 Å². The fraction of sp³-hybridized carbons (Fsp3) is 0.238. The lowest BCUT2D eigenvalue weighted by atomic mass is 10.2. The number of nitrogens with one attached hydrogen (secondary N) is 2. The normalized spacial score (nSPS) is 10.4. The molecule has 2 aromatic carbocycles. The van der Waals surface area contributed by atoms with E-state index in [1.807, 2.05) is 24.3 Å². The zero-order chi connectivity index (χ0) is 20.4. The van der Waals surface area contributed by atoms with Crippen molar-refractivity contribution in [2.24, 2.45) is 0 Å². The van der Waals surface area contributed by atoms with Gasteiger partial charge in [0.2, 0.25) is 5.91 Å². The van der Waals surface area contributed by atoms with Crippen LogP contribution in [0.4, 0.5) is 0 Å². The molecule has 7 heteroatoms. The molecule has 0 unspecified atom stereocenters. The number of amides is 2. The van der Waals surface area contributed by atoms with E-state index in [9.17, 15) is 9.59 Å². The van der Waals surface area contributed by atoms with Gasteiger partial charge in [0.1, 0.15) is 5.75 Å². The molecule has 0 heterocycles. The first-order valence-electron chi connectivity index (χ1n) is 8.67. The number of ether oxygens (including phenoxy) is 3. The van der Waals surface area contributed by atoms with Crippen LogP contribution in [0, 0.1) is 0 Å². The number of hydrogen-bond acceptors (Lipinski definition) is 5. The minimum Gasteiger partial charge on any atom is -0.497 e. The molecule has 0 radical (unpaired) electrons. The van der Waals surface area contributed by atoms with Gasteiger partial charge in [0.05, 0.1) is 21.3 Å². The van der Waals surface area contributed by atoms with Gasteiger partial charge in [0.15, 0.2) is 11.5 Å². The summed E-state index contributed by atoms with van der Waals surface area (Å²) in [7, 11) is 4.63.